The van der Waals surface area contributed by atoms with Gasteiger partial charge in [-0.3, -0.25) is 14.5 Å². The summed E-state index contributed by atoms with van der Waals surface area (Å²) >= 11 is 12.1. The van der Waals surface area contributed by atoms with Crippen molar-refractivity contribution < 1.29 is 29.0 Å². The number of nitrogens with one attached hydrogen (secondary N) is 1. The van der Waals surface area contributed by atoms with Gasteiger partial charge in [0.2, 0.25) is 12.0 Å². The highest BCUT2D eigenvalue weighted by Gasteiger charge is 2.38. The summed E-state index contributed by atoms with van der Waals surface area (Å²) in [6, 6.07) is 31.5. The molecular weight excluding hydrogens is 751 g/mol. The first-order chi connectivity index (χ1) is 27.0. The van der Waals surface area contributed by atoms with Crippen molar-refractivity contribution >= 4 is 46.7 Å². The lowest BCUT2D eigenvalue weighted by atomic mass is 9.91. The number of nitrogens with zero attached hydrogens (tertiary/aromatic N) is 3. The largest absolute Gasteiger partial charge is 0.489 e. The van der Waals surface area contributed by atoms with Crippen LogP contribution in [0.2, 0.25) is 10.0 Å². The Kier molecular flexibility index (Phi) is 11.3. The van der Waals surface area contributed by atoms with Crippen LogP contribution < -0.4 is 19.7 Å². The van der Waals surface area contributed by atoms with Crippen molar-refractivity contribution in [3.05, 3.63) is 147 Å². The molecule has 0 fully saturated rings. The molecule has 12 heteroatoms. The number of likely N-dealkylation sites (N-methyl/N-ethyl adjacent to an activating group) is 2. The zero-order valence-electron chi connectivity index (χ0n) is 30.7. The SMILES string of the molecule is CCN1Cc2cc3c(cc2C[C@H]1C(=O)NC(Cc1ccc(-c2ccc(C#N)cc2)cc1)C(=O)O)N(C)C(=O)[C@H](c1ccc(OCc2ccc(Cl)c(Cl)c2)cc1)O3. The van der Waals surface area contributed by atoms with E-state index in [1.54, 1.807) is 48.3 Å². The van der Waals surface area contributed by atoms with Gasteiger partial charge in [-0.25, -0.2) is 4.79 Å². The van der Waals surface area contributed by atoms with E-state index >= 15 is 0 Å². The maximum absolute atomic E-state index is 13.8. The van der Waals surface area contributed by atoms with Crippen LogP contribution >= 0.6 is 23.2 Å². The molecule has 1 unspecified atom stereocenters. The molecule has 2 aliphatic heterocycles. The van der Waals surface area contributed by atoms with Crippen molar-refractivity contribution in [2.45, 2.75) is 51.1 Å². The third kappa shape index (κ3) is 8.21. The first-order valence-corrected chi connectivity index (χ1v) is 18.9. The second-order valence-electron chi connectivity index (χ2n) is 13.9. The van der Waals surface area contributed by atoms with Gasteiger partial charge in [0.05, 0.1) is 33.4 Å². The highest BCUT2D eigenvalue weighted by Crippen LogP contribution is 2.42. The van der Waals surface area contributed by atoms with Gasteiger partial charge < -0.3 is 24.8 Å². The average Bonchev–Trinajstić information content (AvgIpc) is 3.21. The molecule has 0 spiro atoms. The Hall–Kier alpha value is -5.86. The third-order valence-corrected chi connectivity index (χ3v) is 11.0. The predicted octanol–water partition coefficient (Wildman–Crippen LogP) is 7.77. The number of amides is 2. The maximum atomic E-state index is 13.8. The number of benzene rings is 5. The summed E-state index contributed by atoms with van der Waals surface area (Å²) in [6.45, 7) is 3.27. The van der Waals surface area contributed by atoms with Crippen LogP contribution in [0.25, 0.3) is 11.1 Å². The Balaban J connectivity index is 1.02. The number of carbonyl (C=O) groups is 3. The van der Waals surface area contributed by atoms with Crippen LogP contribution in [0.5, 0.6) is 11.5 Å². The van der Waals surface area contributed by atoms with Crippen molar-refractivity contribution in [1.82, 2.24) is 10.2 Å². The summed E-state index contributed by atoms with van der Waals surface area (Å²) in [6.07, 6.45) is -0.417. The van der Waals surface area contributed by atoms with Crippen molar-refractivity contribution in [3.8, 4) is 28.7 Å². The van der Waals surface area contributed by atoms with Crippen LogP contribution in [-0.4, -0.2) is 53.5 Å². The van der Waals surface area contributed by atoms with Gasteiger partial charge in [0.15, 0.2) is 0 Å². The number of hydrogen-bond donors (Lipinski definition) is 2. The van der Waals surface area contributed by atoms with Gasteiger partial charge in [-0.15, -0.1) is 0 Å². The van der Waals surface area contributed by atoms with Crippen molar-refractivity contribution in [1.29, 1.82) is 5.26 Å². The summed E-state index contributed by atoms with van der Waals surface area (Å²) in [5.41, 5.74) is 7.21. The summed E-state index contributed by atoms with van der Waals surface area (Å²) in [7, 11) is 1.71. The fraction of sp³-hybridized carbons (Fsp3) is 0.227. The molecule has 10 nitrogen and oxygen atoms in total. The molecule has 5 aromatic carbocycles. The lowest BCUT2D eigenvalue weighted by Crippen LogP contribution is -2.54. The normalized spacial score (nSPS) is 16.8. The molecule has 0 bridgehead atoms. The molecule has 3 atom stereocenters. The minimum atomic E-state index is -1.14. The Bertz CT molecular complexity index is 2330. The number of nitriles is 1. The Labute approximate surface area is 334 Å². The minimum absolute atomic E-state index is 0.109. The molecular formula is C44H38Cl2N4O6. The number of anilines is 1. The second-order valence-corrected chi connectivity index (χ2v) is 14.7. The molecule has 2 aliphatic rings. The number of aliphatic carboxylic acids is 1. The molecule has 5 aromatic rings. The van der Waals surface area contributed by atoms with Gasteiger partial charge in [-0.2, -0.15) is 5.26 Å². The molecule has 0 radical (unpaired) electrons. The van der Waals surface area contributed by atoms with Crippen LogP contribution in [0.1, 0.15) is 46.4 Å². The molecule has 0 saturated heterocycles. The number of carboxylic acids is 1. The van der Waals surface area contributed by atoms with E-state index in [2.05, 4.69) is 11.4 Å². The fourth-order valence-electron chi connectivity index (χ4n) is 7.10. The van der Waals surface area contributed by atoms with Crippen molar-refractivity contribution in [3.63, 3.8) is 0 Å². The second kappa shape index (κ2) is 16.5. The highest BCUT2D eigenvalue weighted by atomic mass is 35.5. The van der Waals surface area contributed by atoms with E-state index in [9.17, 15) is 19.5 Å². The van der Waals surface area contributed by atoms with Gasteiger partial charge >= 0.3 is 5.97 Å². The number of carboxylic acid groups (broad SMARTS) is 1. The van der Waals surface area contributed by atoms with E-state index in [1.165, 1.54) is 0 Å². The Morgan fingerprint density at radius 2 is 1.61 bits per heavy atom. The monoisotopic (exact) mass is 788 g/mol. The quantitative estimate of drug-likeness (QED) is 0.139. The Morgan fingerprint density at radius 1 is 0.929 bits per heavy atom. The number of hydrogen-bond acceptors (Lipinski definition) is 7. The molecule has 0 aromatic heterocycles. The summed E-state index contributed by atoms with van der Waals surface area (Å²) in [5, 5.41) is 22.9. The van der Waals surface area contributed by atoms with Gasteiger partial charge in [0.1, 0.15) is 24.1 Å². The van der Waals surface area contributed by atoms with E-state index in [0.717, 1.165) is 33.4 Å². The van der Waals surface area contributed by atoms with E-state index < -0.39 is 24.2 Å². The fourth-order valence-corrected chi connectivity index (χ4v) is 7.42. The maximum Gasteiger partial charge on any atom is 0.326 e. The van der Waals surface area contributed by atoms with Crippen LogP contribution in [-0.2, 0) is 40.4 Å². The Morgan fingerprint density at radius 3 is 2.25 bits per heavy atom. The number of ether oxygens (including phenoxy) is 2. The topological polar surface area (TPSA) is 132 Å². The van der Waals surface area contributed by atoms with Gasteiger partial charge in [-0.05, 0) is 94.9 Å². The molecule has 7 rings (SSSR count). The molecule has 0 saturated carbocycles. The van der Waals surface area contributed by atoms with Crippen LogP contribution in [0.3, 0.4) is 0 Å². The van der Waals surface area contributed by atoms with E-state index in [-0.39, 0.29) is 18.2 Å². The number of rotatable bonds is 11. The summed E-state index contributed by atoms with van der Waals surface area (Å²) in [4.78, 5) is 43.4. The zero-order valence-corrected chi connectivity index (χ0v) is 32.2. The van der Waals surface area contributed by atoms with E-state index in [1.807, 2.05) is 78.6 Å². The molecule has 2 heterocycles. The lowest BCUT2D eigenvalue weighted by Gasteiger charge is -2.38. The molecule has 284 valence electrons. The van der Waals surface area contributed by atoms with Crippen LogP contribution in [0.4, 0.5) is 5.69 Å². The standard InChI is InChI=1S/C44H38Cl2N4O6/c1-3-50-24-33-22-40-38(49(2)43(52)41(56-40)31-13-15-34(16-14-31)55-25-28-8-17-35(45)36(46)18-28)20-32(33)21-39(50)42(51)48-37(44(53)54)19-26-4-9-29(10-5-26)30-11-6-27(23-47)7-12-30/h4-18,20,22,37,39,41H,3,19,21,24-25H2,1-2H3,(H,48,51)(H,53,54)/t37?,39-,41-/m0/s1. The number of halogens is 2. The molecule has 0 aliphatic carbocycles. The smallest absolute Gasteiger partial charge is 0.326 e. The molecule has 56 heavy (non-hydrogen) atoms. The molecule has 2 N–H and O–H groups in total. The van der Waals surface area contributed by atoms with Crippen LogP contribution in [0, 0.1) is 11.3 Å². The number of carbonyl (C=O) groups excluding carboxylic acids is 2. The molecule has 2 amide bonds. The first-order valence-electron chi connectivity index (χ1n) is 18.1. The number of fused-ring (bicyclic) bond motifs is 2. The summed E-state index contributed by atoms with van der Waals surface area (Å²) < 4.78 is 12.3. The van der Waals surface area contributed by atoms with Crippen molar-refractivity contribution in [2.24, 2.45) is 0 Å². The third-order valence-electron chi connectivity index (χ3n) is 10.3. The predicted molar refractivity (Wildman–Crippen MR) is 214 cm³/mol. The lowest BCUT2D eigenvalue weighted by molar-refractivity contribution is -0.142. The van der Waals surface area contributed by atoms with Gasteiger partial charge in [-0.1, -0.05) is 84.7 Å². The first kappa shape index (κ1) is 38.4. The van der Waals surface area contributed by atoms with E-state index in [0.29, 0.717) is 64.5 Å². The summed E-state index contributed by atoms with van der Waals surface area (Å²) in [5.74, 6) is -0.557. The average molecular weight is 790 g/mol. The van der Waals surface area contributed by atoms with E-state index in [4.69, 9.17) is 37.9 Å². The minimum Gasteiger partial charge on any atom is -0.489 e. The van der Waals surface area contributed by atoms with Gasteiger partial charge in [0, 0.05) is 25.6 Å². The highest BCUT2D eigenvalue weighted by molar-refractivity contribution is 6.42. The zero-order chi connectivity index (χ0) is 39.5. The van der Waals surface area contributed by atoms with Crippen molar-refractivity contribution in [2.75, 3.05) is 18.5 Å². The van der Waals surface area contributed by atoms with Gasteiger partial charge in [0.25, 0.3) is 5.91 Å². The van der Waals surface area contributed by atoms with Crippen LogP contribution in [0.15, 0.2) is 103 Å².